The number of rotatable bonds is 4. The highest BCUT2D eigenvalue weighted by Crippen LogP contribution is 2.29. The van der Waals surface area contributed by atoms with Crippen molar-refractivity contribution in [2.24, 2.45) is 5.92 Å². The molecule has 1 aliphatic heterocycles. The lowest BCUT2D eigenvalue weighted by Crippen LogP contribution is -2.38. The van der Waals surface area contributed by atoms with E-state index in [1.54, 1.807) is 32.2 Å². The third-order valence-corrected chi connectivity index (χ3v) is 4.96. The summed E-state index contributed by atoms with van der Waals surface area (Å²) in [5.41, 5.74) is 1.42. The fraction of sp³-hybridized carbons (Fsp3) is 0.300. The lowest BCUT2D eigenvalue weighted by atomic mass is 10.0. The molecule has 0 aliphatic carbocycles. The molecule has 1 saturated heterocycles. The van der Waals surface area contributed by atoms with Gasteiger partial charge in [0.05, 0.1) is 18.6 Å². The average Bonchev–Trinajstić information content (AvgIpc) is 3.03. The second kappa shape index (κ2) is 7.15. The van der Waals surface area contributed by atoms with E-state index in [1.807, 2.05) is 12.1 Å². The lowest BCUT2D eigenvalue weighted by Gasteiger charge is -2.23. The van der Waals surface area contributed by atoms with Crippen LogP contribution in [0.2, 0.25) is 0 Å². The van der Waals surface area contributed by atoms with Crippen LogP contribution in [0, 0.1) is 11.7 Å². The summed E-state index contributed by atoms with van der Waals surface area (Å²) in [5.74, 6) is -1.92. The summed E-state index contributed by atoms with van der Waals surface area (Å²) in [6.45, 7) is 2.00. The van der Waals surface area contributed by atoms with Crippen molar-refractivity contribution in [3.63, 3.8) is 0 Å². The summed E-state index contributed by atoms with van der Waals surface area (Å²) < 4.78 is 19.7. The summed E-state index contributed by atoms with van der Waals surface area (Å²) in [6, 6.07) is 11.2. The first kappa shape index (κ1) is 17.9. The molecule has 0 bridgehead atoms. The van der Waals surface area contributed by atoms with Gasteiger partial charge in [0.2, 0.25) is 0 Å². The van der Waals surface area contributed by atoms with Crippen LogP contribution in [0.4, 0.5) is 4.39 Å². The van der Waals surface area contributed by atoms with E-state index >= 15 is 0 Å². The molecule has 1 N–H and O–H groups in total. The van der Waals surface area contributed by atoms with Crippen molar-refractivity contribution < 1.29 is 23.8 Å². The number of amides is 1. The molecule has 0 saturated carbocycles. The number of carbonyl (C=O) groups is 2. The smallest absolute Gasteiger partial charge is 0.308 e. The Kier molecular flexibility index (Phi) is 4.93. The van der Waals surface area contributed by atoms with Gasteiger partial charge >= 0.3 is 5.97 Å². The number of carboxylic acid groups (broad SMARTS) is 1. The van der Waals surface area contributed by atoms with Crippen LogP contribution in [-0.2, 0) is 4.79 Å². The quantitative estimate of drug-likeness (QED) is 0.910. The summed E-state index contributed by atoms with van der Waals surface area (Å²) in [4.78, 5) is 25.3. The molecule has 1 aliphatic rings. The zero-order valence-electron chi connectivity index (χ0n) is 14.6. The number of methoxy groups -OCH3 is 1. The molecule has 2 aromatic rings. The highest BCUT2D eigenvalue weighted by Gasteiger charge is 2.38. The van der Waals surface area contributed by atoms with Crippen LogP contribution in [0.1, 0.15) is 23.7 Å². The maximum Gasteiger partial charge on any atom is 0.308 e. The predicted octanol–water partition coefficient (Wildman–Crippen LogP) is 3.44. The van der Waals surface area contributed by atoms with Gasteiger partial charge in [-0.25, -0.2) is 4.39 Å². The van der Waals surface area contributed by atoms with Crippen LogP contribution in [0.15, 0.2) is 42.5 Å². The molecule has 2 unspecified atom stereocenters. The molecular formula is C20H20FNO4. The number of carbonyl (C=O) groups excluding carboxylic acids is 1. The minimum atomic E-state index is -0.928. The Balaban J connectivity index is 1.83. The number of carboxylic acids is 1. The first-order chi connectivity index (χ1) is 12.4. The van der Waals surface area contributed by atoms with Crippen molar-refractivity contribution in [3.05, 3.63) is 53.8 Å². The Hall–Kier alpha value is -2.89. The summed E-state index contributed by atoms with van der Waals surface area (Å²) in [6.07, 6.45) is 0.383. The fourth-order valence-corrected chi connectivity index (χ4v) is 3.36. The zero-order chi connectivity index (χ0) is 18.8. The first-order valence-corrected chi connectivity index (χ1v) is 8.40. The van der Waals surface area contributed by atoms with Crippen molar-refractivity contribution in [1.82, 2.24) is 4.90 Å². The zero-order valence-corrected chi connectivity index (χ0v) is 14.6. The van der Waals surface area contributed by atoms with Gasteiger partial charge in [-0.05, 0) is 48.7 Å². The summed E-state index contributed by atoms with van der Waals surface area (Å²) in [7, 11) is 1.57. The molecule has 1 amide bonds. The monoisotopic (exact) mass is 357 g/mol. The van der Waals surface area contributed by atoms with Gasteiger partial charge in [0.15, 0.2) is 0 Å². The van der Waals surface area contributed by atoms with Crippen molar-refractivity contribution in [2.45, 2.75) is 19.4 Å². The van der Waals surface area contributed by atoms with Crippen molar-refractivity contribution in [1.29, 1.82) is 0 Å². The van der Waals surface area contributed by atoms with Crippen molar-refractivity contribution in [2.75, 3.05) is 13.7 Å². The standard InChI is InChI=1S/C20H20FNO4/c1-12-16(20(24)25)9-10-22(12)19(23)17-8-5-14(11-18(17)21)13-3-6-15(26-2)7-4-13/h3-8,11-12,16H,9-10H2,1-2H3,(H,24,25). The second-order valence-corrected chi connectivity index (χ2v) is 6.40. The molecule has 0 radical (unpaired) electrons. The topological polar surface area (TPSA) is 66.8 Å². The number of hydrogen-bond acceptors (Lipinski definition) is 3. The second-order valence-electron chi connectivity index (χ2n) is 6.40. The minimum Gasteiger partial charge on any atom is -0.497 e. The van der Waals surface area contributed by atoms with Crippen molar-refractivity contribution in [3.8, 4) is 16.9 Å². The molecule has 2 aromatic carbocycles. The Bertz CT molecular complexity index is 834. The van der Waals surface area contributed by atoms with Crippen LogP contribution >= 0.6 is 0 Å². The van der Waals surface area contributed by atoms with E-state index in [9.17, 15) is 19.1 Å². The number of ether oxygens (including phenoxy) is 1. The molecule has 1 fully saturated rings. The third-order valence-electron chi connectivity index (χ3n) is 4.96. The van der Waals surface area contributed by atoms with Crippen LogP contribution in [0.5, 0.6) is 5.75 Å². The fourth-order valence-electron chi connectivity index (χ4n) is 3.36. The minimum absolute atomic E-state index is 0.0415. The van der Waals surface area contributed by atoms with Gasteiger partial charge in [0, 0.05) is 12.6 Å². The predicted molar refractivity (Wildman–Crippen MR) is 94.6 cm³/mol. The third kappa shape index (κ3) is 3.27. The number of likely N-dealkylation sites (tertiary alicyclic amines) is 1. The van der Waals surface area contributed by atoms with E-state index < -0.39 is 29.7 Å². The van der Waals surface area contributed by atoms with E-state index in [-0.39, 0.29) is 5.56 Å². The highest BCUT2D eigenvalue weighted by atomic mass is 19.1. The Labute approximate surface area is 151 Å². The SMILES string of the molecule is COc1ccc(-c2ccc(C(=O)N3CCC(C(=O)O)C3C)c(F)c2)cc1. The van der Waals surface area contributed by atoms with Gasteiger partial charge in [-0.15, -0.1) is 0 Å². The van der Waals surface area contributed by atoms with Crippen LogP contribution in [-0.4, -0.2) is 41.6 Å². The number of nitrogens with zero attached hydrogens (tertiary/aromatic N) is 1. The summed E-state index contributed by atoms with van der Waals surface area (Å²) in [5, 5.41) is 9.19. The Morgan fingerprint density at radius 3 is 2.35 bits per heavy atom. The molecule has 0 spiro atoms. The molecule has 0 aromatic heterocycles. The molecule has 1 heterocycles. The molecule has 6 heteroatoms. The average molecular weight is 357 g/mol. The molecule has 136 valence electrons. The van der Waals surface area contributed by atoms with Gasteiger partial charge < -0.3 is 14.7 Å². The van der Waals surface area contributed by atoms with E-state index in [4.69, 9.17) is 4.74 Å². The van der Waals surface area contributed by atoms with Gasteiger partial charge in [0.25, 0.3) is 5.91 Å². The number of benzene rings is 2. The van der Waals surface area contributed by atoms with Gasteiger partial charge in [-0.3, -0.25) is 9.59 Å². The van der Waals surface area contributed by atoms with Gasteiger partial charge in [-0.1, -0.05) is 18.2 Å². The highest BCUT2D eigenvalue weighted by molar-refractivity contribution is 5.96. The van der Waals surface area contributed by atoms with E-state index in [2.05, 4.69) is 0 Å². The lowest BCUT2D eigenvalue weighted by molar-refractivity contribution is -0.142. The number of halogens is 1. The number of aliphatic carboxylic acids is 1. The van der Waals surface area contributed by atoms with Crippen LogP contribution in [0.25, 0.3) is 11.1 Å². The Morgan fingerprint density at radius 2 is 1.81 bits per heavy atom. The molecule has 2 atom stereocenters. The number of hydrogen-bond donors (Lipinski definition) is 1. The van der Waals surface area contributed by atoms with Crippen LogP contribution < -0.4 is 4.74 Å². The molecular weight excluding hydrogens is 337 g/mol. The van der Waals surface area contributed by atoms with E-state index in [0.29, 0.717) is 24.3 Å². The van der Waals surface area contributed by atoms with E-state index in [1.165, 1.54) is 17.0 Å². The Morgan fingerprint density at radius 1 is 1.15 bits per heavy atom. The van der Waals surface area contributed by atoms with Gasteiger partial charge in [0.1, 0.15) is 11.6 Å². The molecule has 5 nitrogen and oxygen atoms in total. The largest absolute Gasteiger partial charge is 0.497 e. The first-order valence-electron chi connectivity index (χ1n) is 8.40. The maximum atomic E-state index is 14.6. The van der Waals surface area contributed by atoms with Gasteiger partial charge in [-0.2, -0.15) is 0 Å². The normalized spacial score (nSPS) is 19.4. The van der Waals surface area contributed by atoms with Crippen LogP contribution in [0.3, 0.4) is 0 Å². The molecule has 3 rings (SSSR count). The maximum absolute atomic E-state index is 14.6. The summed E-state index contributed by atoms with van der Waals surface area (Å²) >= 11 is 0. The van der Waals surface area contributed by atoms with E-state index in [0.717, 1.165) is 5.56 Å². The van der Waals surface area contributed by atoms with Crippen molar-refractivity contribution >= 4 is 11.9 Å². The molecule has 26 heavy (non-hydrogen) atoms.